The van der Waals surface area contributed by atoms with Crippen molar-refractivity contribution in [1.29, 1.82) is 0 Å². The third kappa shape index (κ3) is 2.69. The average molecular weight is 279 g/mol. The Kier molecular flexibility index (Phi) is 3.28. The van der Waals surface area contributed by atoms with Crippen molar-refractivity contribution in [2.24, 2.45) is 4.99 Å². The number of aliphatic imine (C=N–C) groups is 1. The van der Waals surface area contributed by atoms with Gasteiger partial charge in [-0.05, 0) is 31.2 Å². The second kappa shape index (κ2) is 5.25. The lowest BCUT2D eigenvalue weighted by Crippen LogP contribution is -2.05. The summed E-state index contributed by atoms with van der Waals surface area (Å²) in [5.41, 5.74) is 2.51. The van der Waals surface area contributed by atoms with Crippen LogP contribution in [-0.2, 0) is 9.53 Å². The molecular formula is C17H13NO3. The van der Waals surface area contributed by atoms with Crippen LogP contribution in [0.5, 0.6) is 5.75 Å². The van der Waals surface area contributed by atoms with Gasteiger partial charge in [0.05, 0.1) is 0 Å². The summed E-state index contributed by atoms with van der Waals surface area (Å²) in [6.07, 6.45) is 1.51. The Morgan fingerprint density at radius 2 is 1.95 bits per heavy atom. The number of hydrogen-bond donors (Lipinski definition) is 1. The number of esters is 1. The maximum absolute atomic E-state index is 11.9. The largest absolute Gasteiger partial charge is 0.507 e. The minimum Gasteiger partial charge on any atom is -0.507 e. The summed E-state index contributed by atoms with van der Waals surface area (Å²) in [6.45, 7) is 1.96. The third-order valence-corrected chi connectivity index (χ3v) is 3.11. The normalized spacial score (nSPS) is 16.0. The minimum absolute atomic E-state index is 0.0944. The summed E-state index contributed by atoms with van der Waals surface area (Å²) in [5, 5.41) is 9.73. The van der Waals surface area contributed by atoms with Gasteiger partial charge in [0.15, 0.2) is 5.70 Å². The molecule has 0 aliphatic carbocycles. The highest BCUT2D eigenvalue weighted by molar-refractivity contribution is 6.13. The van der Waals surface area contributed by atoms with Gasteiger partial charge < -0.3 is 9.84 Å². The minimum atomic E-state index is -0.519. The van der Waals surface area contributed by atoms with E-state index in [1.807, 2.05) is 31.2 Å². The van der Waals surface area contributed by atoms with Gasteiger partial charge in [-0.1, -0.05) is 35.9 Å². The molecule has 104 valence electrons. The second-order valence-electron chi connectivity index (χ2n) is 4.76. The van der Waals surface area contributed by atoms with Gasteiger partial charge in [0.2, 0.25) is 5.90 Å². The Labute approximate surface area is 122 Å². The number of nitrogens with zero attached hydrogens (tertiary/aromatic N) is 1. The molecule has 0 amide bonds. The molecule has 2 aromatic carbocycles. The molecule has 3 rings (SSSR count). The zero-order valence-corrected chi connectivity index (χ0v) is 11.4. The van der Waals surface area contributed by atoms with Crippen molar-refractivity contribution in [2.75, 3.05) is 0 Å². The molecule has 2 aromatic rings. The number of benzene rings is 2. The van der Waals surface area contributed by atoms with Gasteiger partial charge in [-0.2, -0.15) is 0 Å². The number of para-hydroxylation sites is 1. The lowest BCUT2D eigenvalue weighted by atomic mass is 10.1. The van der Waals surface area contributed by atoms with Crippen molar-refractivity contribution in [3.05, 3.63) is 70.9 Å². The third-order valence-electron chi connectivity index (χ3n) is 3.11. The number of hydrogen-bond acceptors (Lipinski definition) is 4. The summed E-state index contributed by atoms with van der Waals surface area (Å²) in [4.78, 5) is 16.1. The molecule has 0 fully saturated rings. The van der Waals surface area contributed by atoms with Gasteiger partial charge in [-0.15, -0.1) is 0 Å². The van der Waals surface area contributed by atoms with Crippen molar-refractivity contribution in [3.8, 4) is 5.75 Å². The van der Waals surface area contributed by atoms with Crippen molar-refractivity contribution < 1.29 is 14.6 Å². The van der Waals surface area contributed by atoms with E-state index in [0.29, 0.717) is 5.56 Å². The monoisotopic (exact) mass is 279 g/mol. The van der Waals surface area contributed by atoms with E-state index in [1.165, 1.54) is 6.08 Å². The molecule has 0 atom stereocenters. The van der Waals surface area contributed by atoms with Crippen LogP contribution in [0.2, 0.25) is 0 Å². The van der Waals surface area contributed by atoms with Gasteiger partial charge in [0, 0.05) is 11.1 Å². The Balaban J connectivity index is 1.98. The van der Waals surface area contributed by atoms with Crippen molar-refractivity contribution in [1.82, 2.24) is 0 Å². The van der Waals surface area contributed by atoms with E-state index in [4.69, 9.17) is 4.74 Å². The molecule has 1 N–H and O–H groups in total. The number of rotatable bonds is 2. The Morgan fingerprint density at radius 1 is 1.14 bits per heavy atom. The lowest BCUT2D eigenvalue weighted by molar-refractivity contribution is -0.129. The fourth-order valence-corrected chi connectivity index (χ4v) is 2.07. The molecule has 4 nitrogen and oxygen atoms in total. The fourth-order valence-electron chi connectivity index (χ4n) is 2.07. The van der Waals surface area contributed by atoms with Crippen LogP contribution in [0.1, 0.15) is 16.7 Å². The van der Waals surface area contributed by atoms with E-state index in [-0.39, 0.29) is 17.3 Å². The zero-order chi connectivity index (χ0) is 14.8. The molecule has 0 saturated carbocycles. The molecule has 1 aliphatic rings. The SMILES string of the molecule is Cc1cccc(C2=N/C(=C/c3ccccc3O)C(=O)O2)c1. The molecule has 0 spiro atoms. The van der Waals surface area contributed by atoms with Crippen LogP contribution in [0.15, 0.2) is 59.2 Å². The molecule has 0 unspecified atom stereocenters. The number of carbonyl (C=O) groups is 1. The molecule has 1 heterocycles. The first-order valence-corrected chi connectivity index (χ1v) is 6.51. The number of ether oxygens (including phenoxy) is 1. The van der Waals surface area contributed by atoms with Crippen LogP contribution >= 0.6 is 0 Å². The summed E-state index contributed by atoms with van der Waals surface area (Å²) in [5.74, 6) is -0.142. The standard InChI is InChI=1S/C17H13NO3/c1-11-5-4-7-13(9-11)16-18-14(17(20)21-16)10-12-6-2-3-8-15(12)19/h2-10,19H,1H3/b14-10+. The molecule has 0 radical (unpaired) electrons. The smallest absolute Gasteiger partial charge is 0.363 e. The molecular weight excluding hydrogens is 266 g/mol. The Morgan fingerprint density at radius 3 is 2.71 bits per heavy atom. The van der Waals surface area contributed by atoms with E-state index in [2.05, 4.69) is 4.99 Å². The van der Waals surface area contributed by atoms with Crippen molar-refractivity contribution in [2.45, 2.75) is 6.92 Å². The van der Waals surface area contributed by atoms with Crippen LogP contribution in [0.4, 0.5) is 0 Å². The van der Waals surface area contributed by atoms with E-state index in [9.17, 15) is 9.90 Å². The van der Waals surface area contributed by atoms with Crippen LogP contribution < -0.4 is 0 Å². The molecule has 4 heteroatoms. The first kappa shape index (κ1) is 13.1. The summed E-state index contributed by atoms with van der Waals surface area (Å²) < 4.78 is 5.19. The quantitative estimate of drug-likeness (QED) is 0.679. The molecule has 1 aliphatic heterocycles. The zero-order valence-electron chi connectivity index (χ0n) is 11.4. The number of phenolic OH excluding ortho intramolecular Hbond substituents is 1. The second-order valence-corrected chi connectivity index (χ2v) is 4.76. The number of phenols is 1. The topological polar surface area (TPSA) is 58.9 Å². The van der Waals surface area contributed by atoms with E-state index in [1.54, 1.807) is 24.3 Å². The maximum atomic E-state index is 11.9. The van der Waals surface area contributed by atoms with Gasteiger partial charge in [0.25, 0.3) is 0 Å². The van der Waals surface area contributed by atoms with Crippen molar-refractivity contribution >= 4 is 17.9 Å². The summed E-state index contributed by atoms with van der Waals surface area (Å²) in [7, 11) is 0. The van der Waals surface area contributed by atoms with Gasteiger partial charge in [-0.3, -0.25) is 0 Å². The molecule has 0 aromatic heterocycles. The van der Waals surface area contributed by atoms with Gasteiger partial charge in [-0.25, -0.2) is 9.79 Å². The predicted molar refractivity (Wildman–Crippen MR) is 79.9 cm³/mol. The average Bonchev–Trinajstić information content (AvgIpc) is 2.83. The van der Waals surface area contributed by atoms with E-state index < -0.39 is 5.97 Å². The number of aromatic hydroxyl groups is 1. The summed E-state index contributed by atoms with van der Waals surface area (Å²) in [6, 6.07) is 14.3. The summed E-state index contributed by atoms with van der Waals surface area (Å²) >= 11 is 0. The highest BCUT2D eigenvalue weighted by Crippen LogP contribution is 2.23. The van der Waals surface area contributed by atoms with Crippen LogP contribution in [0.3, 0.4) is 0 Å². The first-order valence-electron chi connectivity index (χ1n) is 6.51. The van der Waals surface area contributed by atoms with Gasteiger partial charge >= 0.3 is 5.97 Å². The predicted octanol–water partition coefficient (Wildman–Crippen LogP) is 3.05. The fraction of sp³-hybridized carbons (Fsp3) is 0.0588. The van der Waals surface area contributed by atoms with Crippen LogP contribution in [-0.4, -0.2) is 17.0 Å². The van der Waals surface area contributed by atoms with Crippen LogP contribution in [0, 0.1) is 6.92 Å². The van der Waals surface area contributed by atoms with Crippen molar-refractivity contribution in [3.63, 3.8) is 0 Å². The van der Waals surface area contributed by atoms with E-state index >= 15 is 0 Å². The number of carbonyl (C=O) groups excluding carboxylic acids is 1. The number of cyclic esters (lactones) is 1. The van der Waals surface area contributed by atoms with Crippen LogP contribution in [0.25, 0.3) is 6.08 Å². The highest BCUT2D eigenvalue weighted by Gasteiger charge is 2.24. The van der Waals surface area contributed by atoms with Gasteiger partial charge in [0.1, 0.15) is 5.75 Å². The Hall–Kier alpha value is -2.88. The Bertz CT molecular complexity index is 775. The molecule has 0 saturated heterocycles. The lowest BCUT2D eigenvalue weighted by Gasteiger charge is -1.99. The van der Waals surface area contributed by atoms with E-state index in [0.717, 1.165) is 11.1 Å². The number of aryl methyl sites for hydroxylation is 1. The molecule has 0 bridgehead atoms. The highest BCUT2D eigenvalue weighted by atomic mass is 16.6. The molecule has 21 heavy (non-hydrogen) atoms. The maximum Gasteiger partial charge on any atom is 0.363 e. The first-order chi connectivity index (χ1) is 10.1.